The van der Waals surface area contributed by atoms with E-state index in [4.69, 9.17) is 0 Å². The number of hydrogen-bond acceptors (Lipinski definition) is 5. The third-order valence-electron chi connectivity index (χ3n) is 7.04. The van der Waals surface area contributed by atoms with Gasteiger partial charge in [-0.15, -0.1) is 5.10 Å². The number of nitrogens with one attached hydrogen (secondary N) is 1. The summed E-state index contributed by atoms with van der Waals surface area (Å²) in [5.74, 6) is 1.39. The fourth-order valence-electron chi connectivity index (χ4n) is 4.81. The number of aromatic nitrogens is 5. The Morgan fingerprint density at radius 3 is 2.61 bits per heavy atom. The molecule has 0 radical (unpaired) electrons. The largest absolute Gasteiger partial charge is 0.321 e. The average Bonchev–Trinajstić information content (AvgIpc) is 3.27. The first-order chi connectivity index (χ1) is 16.0. The van der Waals surface area contributed by atoms with E-state index in [2.05, 4.69) is 70.4 Å². The second-order valence-corrected chi connectivity index (χ2v) is 9.33. The Kier molecular flexibility index (Phi) is 5.81. The van der Waals surface area contributed by atoms with Crippen molar-refractivity contribution in [3.05, 3.63) is 87.0 Å². The van der Waals surface area contributed by atoms with Gasteiger partial charge in [0, 0.05) is 5.56 Å². The van der Waals surface area contributed by atoms with Crippen LogP contribution in [0.25, 0.3) is 10.9 Å². The van der Waals surface area contributed by atoms with Gasteiger partial charge in [0.15, 0.2) is 5.82 Å². The molecule has 0 spiro atoms. The second kappa shape index (κ2) is 8.90. The van der Waals surface area contributed by atoms with Gasteiger partial charge in [0.05, 0.1) is 12.1 Å². The Labute approximate surface area is 193 Å². The van der Waals surface area contributed by atoms with E-state index >= 15 is 0 Å². The molecule has 0 aliphatic carbocycles. The summed E-state index contributed by atoms with van der Waals surface area (Å²) in [5, 5.41) is 13.8. The monoisotopic (exact) mass is 442 g/mol. The van der Waals surface area contributed by atoms with Crippen molar-refractivity contribution >= 4 is 10.9 Å². The fourth-order valence-corrected chi connectivity index (χ4v) is 4.81. The number of tetrazole rings is 1. The molecule has 1 saturated heterocycles. The molecule has 0 amide bonds. The maximum atomic E-state index is 13.4. The van der Waals surface area contributed by atoms with Gasteiger partial charge in [-0.25, -0.2) is 4.68 Å². The summed E-state index contributed by atoms with van der Waals surface area (Å²) < 4.78 is 1.84. The molecule has 2 aromatic heterocycles. The predicted octanol–water partition coefficient (Wildman–Crippen LogP) is 4.00. The first-order valence-electron chi connectivity index (χ1n) is 11.7. The number of rotatable bonds is 5. The summed E-state index contributed by atoms with van der Waals surface area (Å²) in [4.78, 5) is 19.0. The number of pyridine rings is 1. The van der Waals surface area contributed by atoms with E-state index in [9.17, 15) is 4.79 Å². The molecule has 5 rings (SSSR count). The molecule has 3 heterocycles. The van der Waals surface area contributed by atoms with E-state index in [0.29, 0.717) is 23.9 Å². The van der Waals surface area contributed by atoms with Crippen LogP contribution in [0.15, 0.2) is 53.3 Å². The maximum Gasteiger partial charge on any atom is 0.253 e. The molecule has 4 aromatic rings. The number of likely N-dealkylation sites (tertiary alicyclic amines) is 1. The number of piperidine rings is 1. The topological polar surface area (TPSA) is 79.7 Å². The van der Waals surface area contributed by atoms with Crippen LogP contribution < -0.4 is 5.56 Å². The lowest BCUT2D eigenvalue weighted by Crippen LogP contribution is -2.40. The molecule has 7 heteroatoms. The Balaban J connectivity index is 1.63. The maximum absolute atomic E-state index is 13.4. The number of benzene rings is 2. The summed E-state index contributed by atoms with van der Waals surface area (Å²) in [6.07, 6.45) is 2.20. The zero-order chi connectivity index (χ0) is 22.9. The van der Waals surface area contributed by atoms with E-state index in [1.165, 1.54) is 5.56 Å². The van der Waals surface area contributed by atoms with Crippen LogP contribution >= 0.6 is 0 Å². The minimum atomic E-state index is -0.300. The third kappa shape index (κ3) is 4.20. The molecule has 2 aromatic carbocycles. The number of hydrogen-bond donors (Lipinski definition) is 1. The first-order valence-corrected chi connectivity index (χ1v) is 11.7. The van der Waals surface area contributed by atoms with Crippen molar-refractivity contribution in [2.24, 2.45) is 5.92 Å². The highest BCUT2D eigenvalue weighted by atomic mass is 16.1. The third-order valence-corrected chi connectivity index (χ3v) is 7.04. The van der Waals surface area contributed by atoms with Gasteiger partial charge in [0.25, 0.3) is 5.56 Å². The van der Waals surface area contributed by atoms with Crippen LogP contribution in [0.4, 0.5) is 0 Å². The Hall–Kier alpha value is -3.32. The van der Waals surface area contributed by atoms with Crippen LogP contribution in [0.2, 0.25) is 0 Å². The number of aromatic amines is 1. The van der Waals surface area contributed by atoms with Crippen LogP contribution in [0.1, 0.15) is 53.9 Å². The molecular weight excluding hydrogens is 412 g/mol. The Bertz CT molecular complexity index is 1320. The molecule has 1 aliphatic heterocycles. The molecule has 1 N–H and O–H groups in total. The van der Waals surface area contributed by atoms with Crippen LogP contribution in [0, 0.1) is 19.8 Å². The average molecular weight is 443 g/mol. The highest BCUT2D eigenvalue weighted by Gasteiger charge is 2.32. The number of H-pyrrole nitrogens is 1. The Morgan fingerprint density at radius 1 is 1.09 bits per heavy atom. The van der Waals surface area contributed by atoms with Gasteiger partial charge >= 0.3 is 0 Å². The van der Waals surface area contributed by atoms with Crippen molar-refractivity contribution < 1.29 is 0 Å². The lowest BCUT2D eigenvalue weighted by Gasteiger charge is -2.36. The van der Waals surface area contributed by atoms with Crippen LogP contribution in [0.5, 0.6) is 0 Å². The molecule has 1 aliphatic rings. The quantitative estimate of drug-likeness (QED) is 0.505. The molecular formula is C26H30N6O. The van der Waals surface area contributed by atoms with E-state index in [-0.39, 0.29) is 11.6 Å². The number of nitrogens with zero attached hydrogens (tertiary/aromatic N) is 5. The van der Waals surface area contributed by atoms with E-state index in [1.54, 1.807) is 0 Å². The SMILES string of the molecule is Cc1ccc2cc(C(c3nnnn3Cc3ccccc3)N3CCC(C)CC3)c(=O)[nH]c2c1C. The zero-order valence-corrected chi connectivity index (χ0v) is 19.5. The van der Waals surface area contributed by atoms with E-state index in [1.807, 2.05) is 28.9 Å². The lowest BCUT2D eigenvalue weighted by molar-refractivity contribution is 0.149. The molecule has 1 unspecified atom stereocenters. The fraction of sp³-hybridized carbons (Fsp3) is 0.385. The Morgan fingerprint density at radius 2 is 1.85 bits per heavy atom. The smallest absolute Gasteiger partial charge is 0.253 e. The highest BCUT2D eigenvalue weighted by Crippen LogP contribution is 2.31. The molecule has 170 valence electrons. The van der Waals surface area contributed by atoms with Gasteiger partial charge < -0.3 is 4.98 Å². The first kappa shape index (κ1) is 21.5. The molecule has 0 saturated carbocycles. The minimum absolute atomic E-state index is 0.0749. The standard InChI is InChI=1S/C26H30N6O/c1-17-11-13-31(14-12-17)24(25-28-29-30-32(25)16-20-7-5-4-6-8-20)22-15-21-10-9-18(2)19(3)23(21)27-26(22)33/h4-10,15,17,24H,11-14,16H2,1-3H3,(H,27,33). The van der Waals surface area contributed by atoms with Gasteiger partial charge in [-0.3, -0.25) is 9.69 Å². The van der Waals surface area contributed by atoms with Crippen LogP contribution in [0.3, 0.4) is 0 Å². The van der Waals surface area contributed by atoms with Crippen molar-refractivity contribution in [1.29, 1.82) is 0 Å². The molecule has 1 fully saturated rings. The molecule has 33 heavy (non-hydrogen) atoms. The van der Waals surface area contributed by atoms with Gasteiger partial charge in [-0.2, -0.15) is 0 Å². The molecule has 1 atom stereocenters. The molecule has 7 nitrogen and oxygen atoms in total. The van der Waals surface area contributed by atoms with Crippen molar-refractivity contribution in [3.8, 4) is 0 Å². The van der Waals surface area contributed by atoms with Crippen molar-refractivity contribution in [1.82, 2.24) is 30.1 Å². The second-order valence-electron chi connectivity index (χ2n) is 9.33. The van der Waals surface area contributed by atoms with E-state index in [0.717, 1.165) is 48.0 Å². The summed E-state index contributed by atoms with van der Waals surface area (Å²) in [6, 6.07) is 16.1. The van der Waals surface area contributed by atoms with Crippen molar-refractivity contribution in [2.45, 2.75) is 46.2 Å². The van der Waals surface area contributed by atoms with Gasteiger partial charge in [-0.1, -0.05) is 49.4 Å². The van der Waals surface area contributed by atoms with Gasteiger partial charge in [-0.05, 0) is 84.3 Å². The van der Waals surface area contributed by atoms with Crippen LogP contribution in [-0.4, -0.2) is 43.2 Å². The van der Waals surface area contributed by atoms with E-state index < -0.39 is 0 Å². The lowest BCUT2D eigenvalue weighted by atomic mass is 9.95. The van der Waals surface area contributed by atoms with Crippen molar-refractivity contribution in [2.75, 3.05) is 13.1 Å². The number of aryl methyl sites for hydroxylation is 2. The normalized spacial score (nSPS) is 16.3. The van der Waals surface area contributed by atoms with Crippen molar-refractivity contribution in [3.63, 3.8) is 0 Å². The highest BCUT2D eigenvalue weighted by molar-refractivity contribution is 5.83. The zero-order valence-electron chi connectivity index (χ0n) is 19.5. The van der Waals surface area contributed by atoms with Crippen LogP contribution in [-0.2, 0) is 6.54 Å². The molecule has 0 bridgehead atoms. The minimum Gasteiger partial charge on any atom is -0.321 e. The summed E-state index contributed by atoms with van der Waals surface area (Å²) >= 11 is 0. The predicted molar refractivity (Wildman–Crippen MR) is 129 cm³/mol. The van der Waals surface area contributed by atoms with Gasteiger partial charge in [0.1, 0.15) is 6.04 Å². The van der Waals surface area contributed by atoms with Gasteiger partial charge in [0.2, 0.25) is 0 Å². The summed E-state index contributed by atoms with van der Waals surface area (Å²) in [6.45, 7) is 8.80. The summed E-state index contributed by atoms with van der Waals surface area (Å²) in [5.41, 5.74) is 4.92. The number of fused-ring (bicyclic) bond motifs is 1. The summed E-state index contributed by atoms with van der Waals surface area (Å²) in [7, 11) is 0.